The van der Waals surface area contributed by atoms with Crippen molar-refractivity contribution in [3.63, 3.8) is 0 Å². The number of ether oxygens (including phenoxy) is 1. The van der Waals surface area contributed by atoms with Crippen molar-refractivity contribution in [2.45, 2.75) is 85.0 Å². The molecule has 0 fully saturated rings. The summed E-state index contributed by atoms with van der Waals surface area (Å²) in [5.41, 5.74) is 0. The molecule has 0 aliphatic heterocycles. The maximum absolute atomic E-state index is 10.4. The average molecular weight is 340 g/mol. The second-order valence-electron chi connectivity index (χ2n) is 5.29. The molecule has 0 saturated heterocycles. The van der Waals surface area contributed by atoms with Crippen LogP contribution in [-0.2, 0) is 13.8 Å². The largest absolute Gasteiger partial charge is 0.469 e. The molecule has 0 aromatic rings. The Morgan fingerprint density at radius 1 is 0.727 bits per heavy atom. The summed E-state index contributed by atoms with van der Waals surface area (Å²) in [6.45, 7) is 8.06. The Balaban J connectivity index is 0. The molecule has 5 nitrogen and oxygen atoms in total. The first-order chi connectivity index (χ1) is 10.5. The van der Waals surface area contributed by atoms with E-state index in [1.165, 1.54) is 44.9 Å². The van der Waals surface area contributed by atoms with Crippen LogP contribution in [0, 0.1) is 0 Å². The third-order valence-corrected chi connectivity index (χ3v) is 3.68. The van der Waals surface area contributed by atoms with Gasteiger partial charge in [0, 0.05) is 13.2 Å². The summed E-state index contributed by atoms with van der Waals surface area (Å²) in [5, 5.41) is 0. The second-order valence-corrected chi connectivity index (χ2v) is 6.53. The van der Waals surface area contributed by atoms with Gasteiger partial charge in [0.2, 0.25) is 0 Å². The molecule has 22 heavy (non-hydrogen) atoms. The Morgan fingerprint density at radius 2 is 1.14 bits per heavy atom. The van der Waals surface area contributed by atoms with E-state index in [4.69, 9.17) is 14.5 Å². The highest BCUT2D eigenvalue weighted by molar-refractivity contribution is 7.46. The Labute approximate surface area is 137 Å². The third-order valence-electron chi connectivity index (χ3n) is 3.17. The minimum atomic E-state index is -4.24. The van der Waals surface area contributed by atoms with Crippen LogP contribution in [-0.4, -0.2) is 29.6 Å². The first kappa shape index (κ1) is 24.3. The second kappa shape index (κ2) is 19.1. The molecule has 0 bridgehead atoms. The molecule has 136 valence electrons. The smallest absolute Gasteiger partial charge is 0.382 e. The molecule has 0 aromatic carbocycles. The zero-order chi connectivity index (χ0) is 17.1. The lowest BCUT2D eigenvalue weighted by atomic mass is 10.1. The first-order valence-electron chi connectivity index (χ1n) is 8.75. The average Bonchev–Trinajstić information content (AvgIpc) is 2.45. The van der Waals surface area contributed by atoms with Crippen molar-refractivity contribution in [2.24, 2.45) is 0 Å². The van der Waals surface area contributed by atoms with Gasteiger partial charge in [0.1, 0.15) is 0 Å². The summed E-state index contributed by atoms with van der Waals surface area (Å²) >= 11 is 0. The molecule has 0 saturated carbocycles. The molecule has 0 aliphatic carbocycles. The summed E-state index contributed by atoms with van der Waals surface area (Å²) in [6, 6.07) is 0. The minimum absolute atomic E-state index is 0.167. The van der Waals surface area contributed by atoms with E-state index in [0.29, 0.717) is 0 Å². The fourth-order valence-corrected chi connectivity index (χ4v) is 2.34. The van der Waals surface area contributed by atoms with E-state index < -0.39 is 7.82 Å². The van der Waals surface area contributed by atoms with E-state index in [1.807, 2.05) is 13.8 Å². The van der Waals surface area contributed by atoms with Gasteiger partial charge in [-0.15, -0.1) is 0 Å². The summed E-state index contributed by atoms with van der Waals surface area (Å²) in [6.07, 6.45) is 12.0. The van der Waals surface area contributed by atoms with E-state index in [1.54, 1.807) is 0 Å². The number of phosphoric ester groups is 1. The lowest BCUT2D eigenvalue weighted by molar-refractivity contribution is 0.162. The molecule has 0 amide bonds. The highest BCUT2D eigenvalue weighted by atomic mass is 31.2. The van der Waals surface area contributed by atoms with Crippen molar-refractivity contribution in [3.8, 4) is 0 Å². The van der Waals surface area contributed by atoms with E-state index in [0.717, 1.165) is 32.5 Å². The Hall–Kier alpha value is 0.0700. The maximum Gasteiger partial charge on any atom is 0.469 e. The zero-order valence-electron chi connectivity index (χ0n) is 14.8. The summed E-state index contributed by atoms with van der Waals surface area (Å²) in [7, 11) is -4.24. The van der Waals surface area contributed by atoms with Gasteiger partial charge in [-0.3, -0.25) is 4.52 Å². The van der Waals surface area contributed by atoms with Crippen molar-refractivity contribution >= 4 is 7.82 Å². The number of unbranched alkanes of at least 4 members (excludes halogenated alkanes) is 9. The topological polar surface area (TPSA) is 76.0 Å². The molecule has 0 radical (unpaired) electrons. The van der Waals surface area contributed by atoms with Crippen LogP contribution in [0.2, 0.25) is 0 Å². The number of rotatable bonds is 14. The molecule has 0 aromatic heterocycles. The molecule has 0 heterocycles. The normalized spacial score (nSPS) is 11.1. The minimum Gasteiger partial charge on any atom is -0.382 e. The molecule has 2 N–H and O–H groups in total. The van der Waals surface area contributed by atoms with Gasteiger partial charge in [-0.05, 0) is 20.3 Å². The van der Waals surface area contributed by atoms with Gasteiger partial charge in [0.25, 0.3) is 0 Å². The van der Waals surface area contributed by atoms with E-state index in [-0.39, 0.29) is 6.61 Å². The molecule has 0 unspecified atom stereocenters. The predicted molar refractivity (Wildman–Crippen MR) is 92.0 cm³/mol. The molecule has 0 rings (SSSR count). The number of hydrogen-bond donors (Lipinski definition) is 2. The predicted octanol–water partition coefficient (Wildman–Crippen LogP) is 5.06. The standard InChI is InChI=1S/C12H27O4P.C4H10O/c1-2-3-4-5-6-7-8-9-10-11-12-16-17(13,14)15;1-3-5-4-2/h2-12H2,1H3,(H2,13,14,15);3-4H2,1-2H3. The fourth-order valence-electron chi connectivity index (χ4n) is 1.98. The van der Waals surface area contributed by atoms with Crippen molar-refractivity contribution in [1.29, 1.82) is 0 Å². The van der Waals surface area contributed by atoms with Crippen LogP contribution in [0.4, 0.5) is 0 Å². The summed E-state index contributed by atoms with van der Waals surface area (Å²) < 4.78 is 19.6. The van der Waals surface area contributed by atoms with Crippen LogP contribution in [0.5, 0.6) is 0 Å². The van der Waals surface area contributed by atoms with Crippen LogP contribution < -0.4 is 0 Å². The van der Waals surface area contributed by atoms with Crippen LogP contribution >= 0.6 is 7.82 Å². The maximum atomic E-state index is 10.4. The third kappa shape index (κ3) is 28.3. The molecule has 0 atom stereocenters. The Bertz CT molecular complexity index is 241. The van der Waals surface area contributed by atoms with E-state index in [2.05, 4.69) is 11.4 Å². The highest BCUT2D eigenvalue weighted by Gasteiger charge is 2.12. The van der Waals surface area contributed by atoms with Crippen molar-refractivity contribution < 1.29 is 23.6 Å². The van der Waals surface area contributed by atoms with Crippen LogP contribution in [0.15, 0.2) is 0 Å². The first-order valence-corrected chi connectivity index (χ1v) is 10.3. The van der Waals surface area contributed by atoms with Crippen LogP contribution in [0.25, 0.3) is 0 Å². The lowest BCUT2D eigenvalue weighted by Gasteiger charge is -2.05. The van der Waals surface area contributed by atoms with Crippen LogP contribution in [0.1, 0.15) is 85.0 Å². The van der Waals surface area contributed by atoms with Crippen molar-refractivity contribution in [3.05, 3.63) is 0 Å². The summed E-state index contributed by atoms with van der Waals surface area (Å²) in [5.74, 6) is 0. The molecular formula is C16H37O5P. The number of hydrogen-bond acceptors (Lipinski definition) is 3. The molecular weight excluding hydrogens is 303 g/mol. The zero-order valence-corrected chi connectivity index (χ0v) is 15.7. The van der Waals surface area contributed by atoms with Crippen LogP contribution in [0.3, 0.4) is 0 Å². The molecule has 0 spiro atoms. The van der Waals surface area contributed by atoms with Crippen molar-refractivity contribution in [2.75, 3.05) is 19.8 Å². The fraction of sp³-hybridized carbons (Fsp3) is 1.00. The van der Waals surface area contributed by atoms with Gasteiger partial charge in [-0.25, -0.2) is 4.57 Å². The Morgan fingerprint density at radius 3 is 1.45 bits per heavy atom. The van der Waals surface area contributed by atoms with E-state index in [9.17, 15) is 4.57 Å². The van der Waals surface area contributed by atoms with Gasteiger partial charge < -0.3 is 14.5 Å². The van der Waals surface area contributed by atoms with Gasteiger partial charge in [-0.2, -0.15) is 0 Å². The molecule has 0 aliphatic rings. The van der Waals surface area contributed by atoms with Gasteiger partial charge in [0.15, 0.2) is 0 Å². The van der Waals surface area contributed by atoms with Crippen molar-refractivity contribution in [1.82, 2.24) is 0 Å². The Kier molecular flexibility index (Phi) is 21.1. The SMILES string of the molecule is CCCCCCCCCCCCOP(=O)(O)O.CCOCC. The monoisotopic (exact) mass is 340 g/mol. The summed E-state index contributed by atoms with van der Waals surface area (Å²) in [4.78, 5) is 16.9. The highest BCUT2D eigenvalue weighted by Crippen LogP contribution is 2.35. The van der Waals surface area contributed by atoms with Gasteiger partial charge >= 0.3 is 7.82 Å². The van der Waals surface area contributed by atoms with Gasteiger partial charge in [-0.1, -0.05) is 64.7 Å². The number of phosphoric acid groups is 1. The van der Waals surface area contributed by atoms with E-state index >= 15 is 0 Å². The quantitative estimate of drug-likeness (QED) is 0.341. The van der Waals surface area contributed by atoms with Gasteiger partial charge in [0.05, 0.1) is 6.61 Å². The lowest BCUT2D eigenvalue weighted by Crippen LogP contribution is -1.92. The molecule has 6 heteroatoms.